The fourth-order valence-corrected chi connectivity index (χ4v) is 1.97. The molecule has 0 spiro atoms. The summed E-state index contributed by atoms with van der Waals surface area (Å²) in [6, 6.07) is 0. The number of aromatic nitrogens is 2. The highest BCUT2D eigenvalue weighted by Gasteiger charge is 2.26. The zero-order chi connectivity index (χ0) is 13.1. The first-order chi connectivity index (χ1) is 8.59. The second-order valence-corrected chi connectivity index (χ2v) is 4.22. The molecule has 0 bridgehead atoms. The zero-order valence-electron chi connectivity index (χ0n) is 10.00. The van der Waals surface area contributed by atoms with Gasteiger partial charge in [0, 0.05) is 19.1 Å². The molecule has 3 N–H and O–H groups in total. The first-order valence-corrected chi connectivity index (χ1v) is 5.70. The normalized spacial score (nSPS) is 22.9. The van der Waals surface area contributed by atoms with E-state index in [2.05, 4.69) is 15.3 Å². The highest BCUT2D eigenvalue weighted by molar-refractivity contribution is 5.67. The number of ether oxygens (including phenoxy) is 1. The molecule has 1 fully saturated rings. The molecule has 98 valence electrons. The first kappa shape index (κ1) is 12.5. The molecule has 2 unspecified atom stereocenters. The van der Waals surface area contributed by atoms with Crippen molar-refractivity contribution in [2.24, 2.45) is 5.92 Å². The van der Waals surface area contributed by atoms with Crippen molar-refractivity contribution in [3.8, 4) is 0 Å². The monoisotopic (exact) mass is 253 g/mol. The SMILES string of the molecule is CC1OCCC1CNc1ncnc(N)c1[N+](=O)[O-]. The quantitative estimate of drug-likeness (QED) is 0.602. The van der Waals surface area contributed by atoms with E-state index in [0.717, 1.165) is 13.0 Å². The predicted octanol–water partition coefficient (Wildman–Crippen LogP) is 0.804. The topological polar surface area (TPSA) is 116 Å². The van der Waals surface area contributed by atoms with Gasteiger partial charge in [-0.1, -0.05) is 0 Å². The lowest BCUT2D eigenvalue weighted by Gasteiger charge is -2.15. The second kappa shape index (κ2) is 5.13. The molecule has 0 amide bonds. The minimum atomic E-state index is -0.577. The Labute approximate surface area is 104 Å². The van der Waals surface area contributed by atoms with Crippen LogP contribution in [0.5, 0.6) is 0 Å². The van der Waals surface area contributed by atoms with E-state index < -0.39 is 4.92 Å². The Bertz CT molecular complexity index is 453. The number of hydrogen-bond donors (Lipinski definition) is 2. The van der Waals surface area contributed by atoms with Gasteiger partial charge in [0.15, 0.2) is 0 Å². The lowest BCUT2D eigenvalue weighted by Crippen LogP contribution is -2.21. The summed E-state index contributed by atoms with van der Waals surface area (Å²) in [5.74, 6) is 0.348. The van der Waals surface area contributed by atoms with Crippen molar-refractivity contribution >= 4 is 17.3 Å². The Morgan fingerprint density at radius 3 is 3.06 bits per heavy atom. The molecule has 0 saturated carbocycles. The fourth-order valence-electron chi connectivity index (χ4n) is 1.97. The summed E-state index contributed by atoms with van der Waals surface area (Å²) in [6.45, 7) is 3.28. The summed E-state index contributed by atoms with van der Waals surface area (Å²) in [7, 11) is 0. The van der Waals surface area contributed by atoms with E-state index in [1.54, 1.807) is 0 Å². The van der Waals surface area contributed by atoms with Crippen LogP contribution in [0.2, 0.25) is 0 Å². The van der Waals surface area contributed by atoms with E-state index in [4.69, 9.17) is 10.5 Å². The molecule has 8 nitrogen and oxygen atoms in total. The summed E-state index contributed by atoms with van der Waals surface area (Å²) in [4.78, 5) is 17.8. The smallest absolute Gasteiger partial charge is 0.352 e. The van der Waals surface area contributed by atoms with Gasteiger partial charge in [-0.3, -0.25) is 10.1 Å². The fraction of sp³-hybridized carbons (Fsp3) is 0.600. The molecule has 18 heavy (non-hydrogen) atoms. The number of nitrogen functional groups attached to an aromatic ring is 1. The Morgan fingerprint density at radius 2 is 2.44 bits per heavy atom. The Kier molecular flexibility index (Phi) is 3.56. The van der Waals surface area contributed by atoms with Gasteiger partial charge in [0.05, 0.1) is 11.0 Å². The molecule has 1 aromatic heterocycles. The molecule has 8 heteroatoms. The summed E-state index contributed by atoms with van der Waals surface area (Å²) >= 11 is 0. The van der Waals surface area contributed by atoms with Gasteiger partial charge in [0.2, 0.25) is 11.6 Å². The van der Waals surface area contributed by atoms with Gasteiger partial charge in [-0.15, -0.1) is 0 Å². The van der Waals surface area contributed by atoms with Crippen molar-refractivity contribution in [1.82, 2.24) is 9.97 Å². The molecule has 0 aromatic carbocycles. The number of nitro groups is 1. The average molecular weight is 253 g/mol. The maximum Gasteiger partial charge on any atom is 0.352 e. The van der Waals surface area contributed by atoms with Crippen LogP contribution in [-0.2, 0) is 4.74 Å². The van der Waals surface area contributed by atoms with Crippen LogP contribution in [0.3, 0.4) is 0 Å². The lowest BCUT2D eigenvalue weighted by molar-refractivity contribution is -0.383. The van der Waals surface area contributed by atoms with Crippen molar-refractivity contribution in [2.75, 3.05) is 24.2 Å². The van der Waals surface area contributed by atoms with Gasteiger partial charge in [0.25, 0.3) is 0 Å². The van der Waals surface area contributed by atoms with Crippen LogP contribution in [0.25, 0.3) is 0 Å². The van der Waals surface area contributed by atoms with Crippen molar-refractivity contribution in [2.45, 2.75) is 19.4 Å². The van der Waals surface area contributed by atoms with Crippen LogP contribution in [0.4, 0.5) is 17.3 Å². The van der Waals surface area contributed by atoms with Crippen molar-refractivity contribution in [1.29, 1.82) is 0 Å². The van der Waals surface area contributed by atoms with E-state index >= 15 is 0 Å². The Hall–Kier alpha value is -1.96. The van der Waals surface area contributed by atoms with Crippen molar-refractivity contribution in [3.63, 3.8) is 0 Å². The third-order valence-corrected chi connectivity index (χ3v) is 3.10. The number of nitrogens with zero attached hydrogens (tertiary/aromatic N) is 3. The van der Waals surface area contributed by atoms with E-state index in [-0.39, 0.29) is 23.4 Å². The van der Waals surface area contributed by atoms with Gasteiger partial charge in [-0.05, 0) is 13.3 Å². The van der Waals surface area contributed by atoms with E-state index in [9.17, 15) is 10.1 Å². The molecule has 1 aliphatic heterocycles. The number of nitrogens with one attached hydrogen (secondary N) is 1. The molecular formula is C10H15N5O3. The van der Waals surface area contributed by atoms with E-state index in [0.29, 0.717) is 12.5 Å². The second-order valence-electron chi connectivity index (χ2n) is 4.22. The molecule has 2 atom stereocenters. The summed E-state index contributed by atoms with van der Waals surface area (Å²) in [6.07, 6.45) is 2.29. The summed E-state index contributed by atoms with van der Waals surface area (Å²) in [5, 5.41) is 13.8. The predicted molar refractivity (Wildman–Crippen MR) is 65.1 cm³/mol. The molecular weight excluding hydrogens is 238 g/mol. The van der Waals surface area contributed by atoms with E-state index in [1.807, 2.05) is 6.92 Å². The molecule has 1 saturated heterocycles. The lowest BCUT2D eigenvalue weighted by atomic mass is 10.0. The number of anilines is 2. The molecule has 1 aliphatic rings. The Morgan fingerprint density at radius 1 is 1.67 bits per heavy atom. The largest absolute Gasteiger partial charge is 0.378 e. The van der Waals surface area contributed by atoms with Gasteiger partial charge in [0.1, 0.15) is 6.33 Å². The van der Waals surface area contributed by atoms with Crippen molar-refractivity contribution < 1.29 is 9.66 Å². The molecule has 0 aliphatic carbocycles. The minimum absolute atomic E-state index is 0.131. The maximum atomic E-state index is 10.9. The maximum absolute atomic E-state index is 10.9. The van der Waals surface area contributed by atoms with Crippen molar-refractivity contribution in [3.05, 3.63) is 16.4 Å². The summed E-state index contributed by atoms with van der Waals surface area (Å²) < 4.78 is 5.42. The van der Waals surface area contributed by atoms with Crippen LogP contribution < -0.4 is 11.1 Å². The zero-order valence-corrected chi connectivity index (χ0v) is 10.00. The molecule has 1 aromatic rings. The third kappa shape index (κ3) is 2.48. The van der Waals surface area contributed by atoms with Crippen LogP contribution in [0.1, 0.15) is 13.3 Å². The minimum Gasteiger partial charge on any atom is -0.378 e. The van der Waals surface area contributed by atoms with Crippen LogP contribution >= 0.6 is 0 Å². The van der Waals surface area contributed by atoms with Gasteiger partial charge >= 0.3 is 5.69 Å². The van der Waals surface area contributed by atoms with Gasteiger partial charge < -0.3 is 15.8 Å². The molecule has 2 heterocycles. The summed E-state index contributed by atoms with van der Waals surface area (Å²) in [5.41, 5.74) is 5.20. The van der Waals surface area contributed by atoms with Crippen LogP contribution in [-0.4, -0.2) is 34.1 Å². The standard InChI is InChI=1S/C10H15N5O3/c1-6-7(2-3-18-6)4-12-10-8(15(16)17)9(11)13-5-14-10/h5-7H,2-4H2,1H3,(H3,11,12,13,14). The highest BCUT2D eigenvalue weighted by atomic mass is 16.6. The number of rotatable bonds is 4. The first-order valence-electron chi connectivity index (χ1n) is 5.70. The Balaban J connectivity index is 2.09. The third-order valence-electron chi connectivity index (χ3n) is 3.10. The number of nitrogens with two attached hydrogens (primary N) is 1. The average Bonchev–Trinajstić information content (AvgIpc) is 2.71. The van der Waals surface area contributed by atoms with Crippen LogP contribution in [0.15, 0.2) is 6.33 Å². The van der Waals surface area contributed by atoms with Crippen LogP contribution in [0, 0.1) is 16.0 Å². The van der Waals surface area contributed by atoms with Gasteiger partial charge in [-0.2, -0.15) is 0 Å². The molecule has 0 radical (unpaired) electrons. The van der Waals surface area contributed by atoms with Gasteiger partial charge in [-0.25, -0.2) is 9.97 Å². The highest BCUT2D eigenvalue weighted by Crippen LogP contribution is 2.27. The molecule has 2 rings (SSSR count). The van der Waals surface area contributed by atoms with E-state index in [1.165, 1.54) is 6.33 Å². The number of hydrogen-bond acceptors (Lipinski definition) is 7.